The fourth-order valence-corrected chi connectivity index (χ4v) is 3.46. The Hall–Kier alpha value is -2.31. The van der Waals surface area contributed by atoms with Gasteiger partial charge in [0.2, 0.25) is 0 Å². The Morgan fingerprint density at radius 2 is 1.88 bits per heavy atom. The van der Waals surface area contributed by atoms with Crippen LogP contribution in [0.1, 0.15) is 17.2 Å². The summed E-state index contributed by atoms with van der Waals surface area (Å²) in [6.07, 6.45) is 0. The SMILES string of the molecule is COc1ccc(-c2nc(CN(C)Cc3ccc(C)o3)cs2)cc1OC. The van der Waals surface area contributed by atoms with Gasteiger partial charge in [-0.3, -0.25) is 4.90 Å². The summed E-state index contributed by atoms with van der Waals surface area (Å²) in [5.74, 6) is 3.33. The van der Waals surface area contributed by atoms with E-state index < -0.39 is 0 Å². The number of benzene rings is 1. The van der Waals surface area contributed by atoms with Gasteiger partial charge in [-0.05, 0) is 44.3 Å². The van der Waals surface area contributed by atoms with E-state index in [0.29, 0.717) is 5.75 Å². The summed E-state index contributed by atoms with van der Waals surface area (Å²) in [6, 6.07) is 9.86. The topological polar surface area (TPSA) is 47.7 Å². The lowest BCUT2D eigenvalue weighted by Gasteiger charge is -2.13. The monoisotopic (exact) mass is 358 g/mol. The number of aryl methyl sites for hydroxylation is 1. The van der Waals surface area contributed by atoms with Gasteiger partial charge >= 0.3 is 0 Å². The molecule has 0 bridgehead atoms. The third-order valence-electron chi connectivity index (χ3n) is 3.84. The first-order chi connectivity index (χ1) is 12.1. The highest BCUT2D eigenvalue weighted by molar-refractivity contribution is 7.13. The molecule has 0 aliphatic rings. The molecule has 0 amide bonds. The summed E-state index contributed by atoms with van der Waals surface area (Å²) in [4.78, 5) is 6.93. The average Bonchev–Trinajstić information content (AvgIpc) is 3.23. The van der Waals surface area contributed by atoms with Gasteiger partial charge in [-0.2, -0.15) is 0 Å². The highest BCUT2D eigenvalue weighted by Gasteiger charge is 2.11. The lowest BCUT2D eigenvalue weighted by molar-refractivity contribution is 0.283. The fraction of sp³-hybridized carbons (Fsp3) is 0.316. The van der Waals surface area contributed by atoms with Crippen LogP contribution in [-0.4, -0.2) is 31.2 Å². The Bertz CT molecular complexity index is 841. The Balaban J connectivity index is 1.69. The molecular weight excluding hydrogens is 336 g/mol. The van der Waals surface area contributed by atoms with Gasteiger partial charge in [0, 0.05) is 17.5 Å². The van der Waals surface area contributed by atoms with E-state index in [1.165, 1.54) is 0 Å². The highest BCUT2D eigenvalue weighted by Crippen LogP contribution is 2.33. The highest BCUT2D eigenvalue weighted by atomic mass is 32.1. The van der Waals surface area contributed by atoms with Crippen LogP contribution < -0.4 is 9.47 Å². The maximum atomic E-state index is 5.63. The van der Waals surface area contributed by atoms with Crippen LogP contribution >= 0.6 is 11.3 Å². The quantitative estimate of drug-likeness (QED) is 0.628. The molecule has 2 aromatic heterocycles. The third-order valence-corrected chi connectivity index (χ3v) is 4.78. The van der Waals surface area contributed by atoms with Gasteiger partial charge in [0.05, 0.1) is 26.5 Å². The minimum absolute atomic E-state index is 0.710. The Morgan fingerprint density at radius 1 is 1.08 bits per heavy atom. The molecule has 3 aromatic rings. The van der Waals surface area contributed by atoms with Crippen LogP contribution in [0, 0.1) is 6.92 Å². The first-order valence-corrected chi connectivity index (χ1v) is 8.87. The summed E-state index contributed by atoms with van der Waals surface area (Å²) >= 11 is 1.63. The smallest absolute Gasteiger partial charge is 0.161 e. The number of ether oxygens (including phenoxy) is 2. The van der Waals surface area contributed by atoms with Crippen molar-refractivity contribution in [2.75, 3.05) is 21.3 Å². The van der Waals surface area contributed by atoms with Crippen LogP contribution in [0.3, 0.4) is 0 Å². The zero-order valence-corrected chi connectivity index (χ0v) is 15.7. The molecule has 0 aliphatic carbocycles. The number of furan rings is 1. The second-order valence-corrected chi connectivity index (χ2v) is 6.76. The van der Waals surface area contributed by atoms with Crippen molar-refractivity contribution in [2.45, 2.75) is 20.0 Å². The van der Waals surface area contributed by atoms with Crippen molar-refractivity contribution >= 4 is 11.3 Å². The van der Waals surface area contributed by atoms with E-state index in [0.717, 1.165) is 46.6 Å². The van der Waals surface area contributed by atoms with E-state index in [-0.39, 0.29) is 0 Å². The molecule has 0 unspecified atom stereocenters. The maximum Gasteiger partial charge on any atom is 0.161 e. The van der Waals surface area contributed by atoms with E-state index in [1.54, 1.807) is 25.6 Å². The molecule has 0 atom stereocenters. The normalized spacial score (nSPS) is 11.1. The molecule has 0 N–H and O–H groups in total. The van der Waals surface area contributed by atoms with Crippen LogP contribution in [0.2, 0.25) is 0 Å². The van der Waals surface area contributed by atoms with Gasteiger partial charge in [-0.1, -0.05) is 0 Å². The second kappa shape index (κ2) is 7.72. The van der Waals surface area contributed by atoms with Gasteiger partial charge in [0.1, 0.15) is 16.5 Å². The number of hydrogen-bond donors (Lipinski definition) is 0. The second-order valence-electron chi connectivity index (χ2n) is 5.90. The Labute approximate surface area is 151 Å². The molecule has 0 fully saturated rings. The van der Waals surface area contributed by atoms with Crippen molar-refractivity contribution in [3.63, 3.8) is 0 Å². The van der Waals surface area contributed by atoms with Gasteiger partial charge in [-0.25, -0.2) is 4.98 Å². The van der Waals surface area contributed by atoms with E-state index in [9.17, 15) is 0 Å². The first-order valence-electron chi connectivity index (χ1n) is 7.99. The van der Waals surface area contributed by atoms with Crippen LogP contribution in [0.15, 0.2) is 40.1 Å². The molecule has 0 radical (unpaired) electrons. The van der Waals surface area contributed by atoms with Crippen molar-refractivity contribution in [1.82, 2.24) is 9.88 Å². The molecule has 132 valence electrons. The number of thiazole rings is 1. The van der Waals surface area contributed by atoms with Crippen LogP contribution in [0.4, 0.5) is 0 Å². The summed E-state index contributed by atoms with van der Waals surface area (Å²) < 4.78 is 16.3. The van der Waals surface area contributed by atoms with Crippen LogP contribution in [0.5, 0.6) is 11.5 Å². The maximum absolute atomic E-state index is 5.63. The van der Waals surface area contributed by atoms with Crippen molar-refractivity contribution in [1.29, 1.82) is 0 Å². The van der Waals surface area contributed by atoms with Crippen molar-refractivity contribution in [2.24, 2.45) is 0 Å². The number of rotatable bonds is 7. The summed E-state index contributed by atoms with van der Waals surface area (Å²) in [6.45, 7) is 3.49. The van der Waals surface area contributed by atoms with Crippen LogP contribution in [-0.2, 0) is 13.1 Å². The van der Waals surface area contributed by atoms with Gasteiger partial charge in [0.25, 0.3) is 0 Å². The molecule has 0 aliphatic heterocycles. The van der Waals surface area contributed by atoms with E-state index in [4.69, 9.17) is 18.9 Å². The summed E-state index contributed by atoms with van der Waals surface area (Å²) in [5, 5.41) is 3.06. The van der Waals surface area contributed by atoms with E-state index in [1.807, 2.05) is 37.3 Å². The molecule has 1 aromatic carbocycles. The molecule has 0 saturated carbocycles. The number of nitrogens with zero attached hydrogens (tertiary/aromatic N) is 2. The van der Waals surface area contributed by atoms with Gasteiger partial charge in [0.15, 0.2) is 11.5 Å². The molecular formula is C19H22N2O3S. The minimum Gasteiger partial charge on any atom is -0.493 e. The molecule has 3 rings (SSSR count). The minimum atomic E-state index is 0.710. The zero-order valence-electron chi connectivity index (χ0n) is 14.9. The zero-order chi connectivity index (χ0) is 17.8. The van der Waals surface area contributed by atoms with Crippen molar-refractivity contribution in [3.05, 3.63) is 52.9 Å². The summed E-state index contributed by atoms with van der Waals surface area (Å²) in [5.41, 5.74) is 2.07. The Kier molecular flexibility index (Phi) is 5.40. The lowest BCUT2D eigenvalue weighted by atomic mass is 10.2. The van der Waals surface area contributed by atoms with Crippen LogP contribution in [0.25, 0.3) is 10.6 Å². The number of aromatic nitrogens is 1. The molecule has 0 spiro atoms. The van der Waals surface area contributed by atoms with Gasteiger partial charge in [-0.15, -0.1) is 11.3 Å². The predicted octanol–water partition coefficient (Wildman–Crippen LogP) is 4.36. The average molecular weight is 358 g/mol. The molecule has 25 heavy (non-hydrogen) atoms. The largest absolute Gasteiger partial charge is 0.493 e. The first kappa shape index (κ1) is 17.5. The lowest BCUT2D eigenvalue weighted by Crippen LogP contribution is -2.17. The van der Waals surface area contributed by atoms with E-state index >= 15 is 0 Å². The fourth-order valence-electron chi connectivity index (χ4n) is 2.65. The van der Waals surface area contributed by atoms with E-state index in [2.05, 4.69) is 17.3 Å². The number of hydrogen-bond acceptors (Lipinski definition) is 6. The third kappa shape index (κ3) is 4.21. The van der Waals surface area contributed by atoms with Crippen molar-refractivity contribution < 1.29 is 13.9 Å². The molecule has 0 saturated heterocycles. The Morgan fingerprint density at radius 3 is 2.56 bits per heavy atom. The molecule has 6 heteroatoms. The van der Waals surface area contributed by atoms with Gasteiger partial charge < -0.3 is 13.9 Å². The standard InChI is InChI=1S/C19H22N2O3S/c1-13-5-7-16(24-13)11-21(2)10-15-12-25-19(20-15)14-6-8-17(22-3)18(9-14)23-4/h5-9,12H,10-11H2,1-4H3. The number of methoxy groups -OCH3 is 2. The molecule has 2 heterocycles. The predicted molar refractivity (Wildman–Crippen MR) is 99.3 cm³/mol. The molecule has 5 nitrogen and oxygen atoms in total. The summed E-state index contributed by atoms with van der Waals surface area (Å²) in [7, 11) is 5.34. The van der Waals surface area contributed by atoms with Crippen molar-refractivity contribution in [3.8, 4) is 22.1 Å².